The molecule has 0 heterocycles. The first-order chi connectivity index (χ1) is 8.24. The van der Waals surface area contributed by atoms with Gasteiger partial charge in [-0.05, 0) is 5.56 Å². The Morgan fingerprint density at radius 1 is 1.35 bits per heavy atom. The molecular formula is C11H14N2O4. The summed E-state index contributed by atoms with van der Waals surface area (Å²) in [5.41, 5.74) is 1.35. The lowest BCUT2D eigenvalue weighted by Gasteiger charge is -2.08. The van der Waals surface area contributed by atoms with Crippen LogP contribution in [0.2, 0.25) is 0 Å². The minimum atomic E-state index is -0.587. The van der Waals surface area contributed by atoms with Crippen molar-refractivity contribution in [2.75, 3.05) is 14.2 Å². The van der Waals surface area contributed by atoms with E-state index in [4.69, 9.17) is 5.90 Å². The van der Waals surface area contributed by atoms with Crippen molar-refractivity contribution in [2.24, 2.45) is 11.1 Å². The Hall–Kier alpha value is -1.92. The molecule has 0 bridgehead atoms. The molecule has 1 aromatic carbocycles. The zero-order chi connectivity index (χ0) is 12.7. The molecule has 1 rings (SSSR count). The number of nitrogens with two attached hydrogens (primary N) is 1. The van der Waals surface area contributed by atoms with Gasteiger partial charge in [-0.1, -0.05) is 29.4 Å². The first kappa shape index (κ1) is 13.1. The monoisotopic (exact) mass is 238 g/mol. The molecular weight excluding hydrogens is 224 g/mol. The Labute approximate surface area is 98.9 Å². The van der Waals surface area contributed by atoms with Crippen LogP contribution in [0, 0.1) is 0 Å². The van der Waals surface area contributed by atoms with Crippen LogP contribution in [0.4, 0.5) is 0 Å². The van der Waals surface area contributed by atoms with E-state index in [0.29, 0.717) is 5.56 Å². The van der Waals surface area contributed by atoms with Crippen molar-refractivity contribution < 1.29 is 19.2 Å². The van der Waals surface area contributed by atoms with Crippen molar-refractivity contribution in [3.63, 3.8) is 0 Å². The van der Waals surface area contributed by atoms with E-state index in [0.717, 1.165) is 5.56 Å². The molecule has 6 nitrogen and oxygen atoms in total. The van der Waals surface area contributed by atoms with Crippen LogP contribution < -0.4 is 5.90 Å². The Kier molecular flexibility index (Phi) is 5.12. The predicted octanol–water partition coefficient (Wildman–Crippen LogP) is 0.600. The lowest BCUT2D eigenvalue weighted by atomic mass is 10.0. The average molecular weight is 238 g/mol. The van der Waals surface area contributed by atoms with E-state index < -0.39 is 5.97 Å². The van der Waals surface area contributed by atoms with Crippen molar-refractivity contribution in [3.8, 4) is 0 Å². The van der Waals surface area contributed by atoms with Crippen LogP contribution in [0.25, 0.3) is 0 Å². The molecule has 0 saturated heterocycles. The zero-order valence-electron chi connectivity index (χ0n) is 9.67. The van der Waals surface area contributed by atoms with E-state index in [9.17, 15) is 4.79 Å². The summed E-state index contributed by atoms with van der Waals surface area (Å²) in [6.45, 7) is 0.163. The molecule has 0 saturated carbocycles. The lowest BCUT2D eigenvalue weighted by Crippen LogP contribution is -2.19. The summed E-state index contributed by atoms with van der Waals surface area (Å²) >= 11 is 0. The maximum Gasteiger partial charge on any atom is 0.360 e. The third kappa shape index (κ3) is 3.27. The molecule has 17 heavy (non-hydrogen) atoms. The van der Waals surface area contributed by atoms with Gasteiger partial charge >= 0.3 is 5.97 Å². The minimum absolute atomic E-state index is 0.0719. The molecule has 0 aliphatic carbocycles. The van der Waals surface area contributed by atoms with E-state index in [1.807, 2.05) is 0 Å². The fraction of sp³-hybridized carbons (Fsp3) is 0.273. The van der Waals surface area contributed by atoms with E-state index in [1.165, 1.54) is 14.2 Å². The maximum absolute atomic E-state index is 11.6. The van der Waals surface area contributed by atoms with Gasteiger partial charge in [0, 0.05) is 5.56 Å². The molecule has 0 atom stereocenters. The van der Waals surface area contributed by atoms with Gasteiger partial charge in [-0.25, -0.2) is 10.7 Å². The summed E-state index contributed by atoms with van der Waals surface area (Å²) in [5, 5.41) is 3.65. The summed E-state index contributed by atoms with van der Waals surface area (Å²) in [7, 11) is 2.63. The number of methoxy groups -OCH3 is 1. The SMILES string of the molecule is CON=C(C(=O)OC)c1ccccc1CON. The molecule has 0 aliphatic heterocycles. The molecule has 92 valence electrons. The Morgan fingerprint density at radius 2 is 2.06 bits per heavy atom. The van der Waals surface area contributed by atoms with Crippen molar-refractivity contribution in [3.05, 3.63) is 35.4 Å². The highest BCUT2D eigenvalue weighted by Gasteiger charge is 2.18. The molecule has 0 unspecified atom stereocenters. The maximum atomic E-state index is 11.6. The van der Waals surface area contributed by atoms with Crippen molar-refractivity contribution in [1.82, 2.24) is 0 Å². The number of carbonyl (C=O) groups is 1. The highest BCUT2D eigenvalue weighted by Crippen LogP contribution is 2.12. The average Bonchev–Trinajstić information content (AvgIpc) is 2.36. The summed E-state index contributed by atoms with van der Waals surface area (Å²) < 4.78 is 4.63. The Bertz CT molecular complexity index is 418. The quantitative estimate of drug-likeness (QED) is 0.461. The normalized spacial score (nSPS) is 11.1. The van der Waals surface area contributed by atoms with Crippen LogP contribution in [-0.2, 0) is 25.8 Å². The van der Waals surface area contributed by atoms with Crippen LogP contribution in [-0.4, -0.2) is 25.9 Å². The Balaban J connectivity index is 3.18. The number of oxime groups is 1. The molecule has 0 fully saturated rings. The smallest absolute Gasteiger partial charge is 0.360 e. The van der Waals surface area contributed by atoms with Gasteiger partial charge in [-0.3, -0.25) is 4.84 Å². The van der Waals surface area contributed by atoms with Crippen molar-refractivity contribution in [1.29, 1.82) is 0 Å². The van der Waals surface area contributed by atoms with Gasteiger partial charge in [0.15, 0.2) is 5.71 Å². The number of nitrogens with zero attached hydrogens (tertiary/aromatic N) is 1. The number of esters is 1. The van der Waals surface area contributed by atoms with Crippen LogP contribution in [0.1, 0.15) is 11.1 Å². The number of carbonyl (C=O) groups excluding carboxylic acids is 1. The van der Waals surface area contributed by atoms with Gasteiger partial charge in [0.1, 0.15) is 7.11 Å². The third-order valence-electron chi connectivity index (χ3n) is 2.07. The summed E-state index contributed by atoms with van der Waals surface area (Å²) in [5.74, 6) is 4.44. The van der Waals surface area contributed by atoms with Gasteiger partial charge in [-0.2, -0.15) is 0 Å². The van der Waals surface area contributed by atoms with Crippen LogP contribution in [0.5, 0.6) is 0 Å². The van der Waals surface area contributed by atoms with E-state index in [2.05, 4.69) is 19.6 Å². The second kappa shape index (κ2) is 6.62. The molecule has 0 radical (unpaired) electrons. The third-order valence-corrected chi connectivity index (χ3v) is 2.07. The van der Waals surface area contributed by atoms with Crippen LogP contribution in [0.3, 0.4) is 0 Å². The first-order valence-electron chi connectivity index (χ1n) is 4.84. The largest absolute Gasteiger partial charge is 0.464 e. The summed E-state index contributed by atoms with van der Waals surface area (Å²) in [4.78, 5) is 20.7. The fourth-order valence-corrected chi connectivity index (χ4v) is 1.35. The van der Waals surface area contributed by atoms with Gasteiger partial charge < -0.3 is 9.57 Å². The molecule has 0 amide bonds. The van der Waals surface area contributed by atoms with E-state index in [1.54, 1.807) is 24.3 Å². The second-order valence-electron chi connectivity index (χ2n) is 3.08. The second-order valence-corrected chi connectivity index (χ2v) is 3.08. The standard InChI is InChI=1S/C11H14N2O4/c1-15-11(14)10(13-16-2)9-6-4-3-5-8(9)7-17-12/h3-6H,7,12H2,1-2H3. The topological polar surface area (TPSA) is 83.1 Å². The zero-order valence-corrected chi connectivity index (χ0v) is 9.67. The molecule has 0 aromatic heterocycles. The lowest BCUT2D eigenvalue weighted by molar-refractivity contribution is -0.132. The molecule has 6 heteroatoms. The van der Waals surface area contributed by atoms with Crippen molar-refractivity contribution in [2.45, 2.75) is 6.61 Å². The molecule has 0 spiro atoms. The van der Waals surface area contributed by atoms with Crippen LogP contribution >= 0.6 is 0 Å². The van der Waals surface area contributed by atoms with E-state index in [-0.39, 0.29) is 12.3 Å². The summed E-state index contributed by atoms with van der Waals surface area (Å²) in [6, 6.07) is 7.06. The van der Waals surface area contributed by atoms with Crippen LogP contribution in [0.15, 0.2) is 29.4 Å². The number of benzene rings is 1. The van der Waals surface area contributed by atoms with Gasteiger partial charge in [0.05, 0.1) is 13.7 Å². The number of hydrogen-bond acceptors (Lipinski definition) is 6. The molecule has 0 aliphatic rings. The highest BCUT2D eigenvalue weighted by molar-refractivity contribution is 6.43. The first-order valence-corrected chi connectivity index (χ1v) is 4.84. The van der Waals surface area contributed by atoms with Gasteiger partial charge in [0.25, 0.3) is 0 Å². The number of rotatable bonds is 5. The predicted molar refractivity (Wildman–Crippen MR) is 61.0 cm³/mol. The summed E-state index contributed by atoms with van der Waals surface area (Å²) in [6.07, 6.45) is 0. The molecule has 1 aromatic rings. The minimum Gasteiger partial charge on any atom is -0.464 e. The fourth-order valence-electron chi connectivity index (χ4n) is 1.35. The highest BCUT2D eigenvalue weighted by atomic mass is 16.6. The van der Waals surface area contributed by atoms with Crippen molar-refractivity contribution >= 4 is 11.7 Å². The Morgan fingerprint density at radius 3 is 2.65 bits per heavy atom. The van der Waals surface area contributed by atoms with Gasteiger partial charge in [-0.15, -0.1) is 0 Å². The molecule has 2 N–H and O–H groups in total. The number of hydrogen-bond donors (Lipinski definition) is 1. The van der Waals surface area contributed by atoms with E-state index >= 15 is 0 Å². The number of ether oxygens (including phenoxy) is 1. The van der Waals surface area contributed by atoms with Gasteiger partial charge in [0.2, 0.25) is 0 Å².